The third kappa shape index (κ3) is 4.20. The van der Waals surface area contributed by atoms with Gasteiger partial charge < -0.3 is 14.8 Å². The van der Waals surface area contributed by atoms with Gasteiger partial charge in [-0.05, 0) is 18.2 Å². The zero-order chi connectivity index (χ0) is 19.2. The van der Waals surface area contributed by atoms with Gasteiger partial charge >= 0.3 is 5.97 Å². The van der Waals surface area contributed by atoms with E-state index in [0.29, 0.717) is 17.0 Å². The molecule has 27 heavy (non-hydrogen) atoms. The van der Waals surface area contributed by atoms with Crippen molar-refractivity contribution in [1.29, 1.82) is 0 Å². The highest BCUT2D eigenvalue weighted by atomic mass is 16.5. The SMILES string of the molecule is COC(=O)[C@H](Cc1cccnc1OC)NC(=O)c1ccc2ccccc2n1. The van der Waals surface area contributed by atoms with Crippen LogP contribution >= 0.6 is 0 Å². The number of pyridine rings is 2. The van der Waals surface area contributed by atoms with Crippen LogP contribution in [-0.2, 0) is 16.0 Å². The summed E-state index contributed by atoms with van der Waals surface area (Å²) in [6.45, 7) is 0. The summed E-state index contributed by atoms with van der Waals surface area (Å²) in [5, 5.41) is 3.62. The number of methoxy groups -OCH3 is 2. The first kappa shape index (κ1) is 18.3. The molecule has 0 aliphatic heterocycles. The number of rotatable bonds is 6. The van der Waals surface area contributed by atoms with Crippen molar-refractivity contribution in [2.24, 2.45) is 0 Å². The zero-order valence-corrected chi connectivity index (χ0v) is 15.0. The number of nitrogens with one attached hydrogen (secondary N) is 1. The largest absolute Gasteiger partial charge is 0.481 e. The van der Waals surface area contributed by atoms with E-state index in [9.17, 15) is 9.59 Å². The Morgan fingerprint density at radius 1 is 1.07 bits per heavy atom. The number of carbonyl (C=O) groups is 2. The van der Waals surface area contributed by atoms with Gasteiger partial charge in [-0.1, -0.05) is 30.3 Å². The molecule has 138 valence electrons. The average Bonchev–Trinajstić information content (AvgIpc) is 2.72. The van der Waals surface area contributed by atoms with E-state index in [1.165, 1.54) is 14.2 Å². The molecular weight excluding hydrogens is 346 g/mol. The summed E-state index contributed by atoms with van der Waals surface area (Å²) < 4.78 is 10.0. The number of para-hydroxylation sites is 1. The maximum absolute atomic E-state index is 12.6. The van der Waals surface area contributed by atoms with Crippen molar-refractivity contribution in [3.63, 3.8) is 0 Å². The highest BCUT2D eigenvalue weighted by Crippen LogP contribution is 2.17. The van der Waals surface area contributed by atoms with Crippen LogP contribution in [-0.4, -0.2) is 42.1 Å². The van der Waals surface area contributed by atoms with E-state index in [1.807, 2.05) is 30.3 Å². The zero-order valence-electron chi connectivity index (χ0n) is 15.0. The molecule has 7 nitrogen and oxygen atoms in total. The van der Waals surface area contributed by atoms with Crippen molar-refractivity contribution >= 4 is 22.8 Å². The molecule has 0 saturated carbocycles. The van der Waals surface area contributed by atoms with E-state index < -0.39 is 17.9 Å². The first-order chi connectivity index (χ1) is 13.1. The number of fused-ring (bicyclic) bond motifs is 1. The summed E-state index contributed by atoms with van der Waals surface area (Å²) in [6.07, 6.45) is 1.77. The number of carbonyl (C=O) groups excluding carboxylic acids is 2. The van der Waals surface area contributed by atoms with E-state index in [-0.39, 0.29) is 12.1 Å². The van der Waals surface area contributed by atoms with Gasteiger partial charge in [-0.25, -0.2) is 14.8 Å². The van der Waals surface area contributed by atoms with Crippen LogP contribution in [0.15, 0.2) is 54.7 Å². The molecule has 1 amide bonds. The van der Waals surface area contributed by atoms with E-state index >= 15 is 0 Å². The van der Waals surface area contributed by atoms with Gasteiger partial charge in [-0.3, -0.25) is 4.79 Å². The lowest BCUT2D eigenvalue weighted by molar-refractivity contribution is -0.142. The molecule has 0 saturated heterocycles. The van der Waals surface area contributed by atoms with Gasteiger partial charge in [-0.15, -0.1) is 0 Å². The Kier molecular flexibility index (Phi) is 5.61. The third-order valence-electron chi connectivity index (χ3n) is 4.09. The predicted octanol–water partition coefficient (Wildman–Crippen LogP) is 2.15. The number of ether oxygens (including phenoxy) is 2. The topological polar surface area (TPSA) is 90.4 Å². The Labute approximate surface area is 156 Å². The molecular formula is C20H19N3O4. The molecule has 0 unspecified atom stereocenters. The molecule has 3 aromatic rings. The van der Waals surface area contributed by atoms with Gasteiger partial charge in [0.25, 0.3) is 5.91 Å². The summed E-state index contributed by atoms with van der Waals surface area (Å²) in [7, 11) is 2.77. The molecule has 2 heterocycles. The Balaban J connectivity index is 1.82. The van der Waals surface area contributed by atoms with E-state index in [0.717, 1.165) is 5.39 Å². The van der Waals surface area contributed by atoms with Crippen LogP contribution in [0.4, 0.5) is 0 Å². The van der Waals surface area contributed by atoms with Crippen molar-refractivity contribution in [2.75, 3.05) is 14.2 Å². The first-order valence-corrected chi connectivity index (χ1v) is 8.34. The fourth-order valence-electron chi connectivity index (χ4n) is 2.74. The Bertz CT molecular complexity index is 974. The third-order valence-corrected chi connectivity index (χ3v) is 4.09. The van der Waals surface area contributed by atoms with E-state index in [1.54, 1.807) is 24.4 Å². The lowest BCUT2D eigenvalue weighted by Crippen LogP contribution is -2.43. The predicted molar refractivity (Wildman–Crippen MR) is 99.5 cm³/mol. The molecule has 1 aromatic carbocycles. The number of amides is 1. The van der Waals surface area contributed by atoms with Gasteiger partial charge in [0.1, 0.15) is 11.7 Å². The molecule has 0 fully saturated rings. The summed E-state index contributed by atoms with van der Waals surface area (Å²) >= 11 is 0. The van der Waals surface area contributed by atoms with Crippen LogP contribution < -0.4 is 10.1 Å². The van der Waals surface area contributed by atoms with E-state index in [4.69, 9.17) is 9.47 Å². The van der Waals surface area contributed by atoms with E-state index in [2.05, 4.69) is 15.3 Å². The van der Waals surface area contributed by atoms with Crippen molar-refractivity contribution in [3.05, 3.63) is 66.0 Å². The van der Waals surface area contributed by atoms with Crippen LogP contribution in [0.5, 0.6) is 5.88 Å². The molecule has 0 spiro atoms. The molecule has 1 N–H and O–H groups in total. The summed E-state index contributed by atoms with van der Waals surface area (Å²) in [5.74, 6) is -0.626. The number of benzene rings is 1. The number of hydrogen-bond donors (Lipinski definition) is 1. The molecule has 2 aromatic heterocycles. The summed E-state index contributed by atoms with van der Waals surface area (Å²) in [6, 6.07) is 13.5. The number of aromatic nitrogens is 2. The molecule has 0 radical (unpaired) electrons. The molecule has 7 heteroatoms. The highest BCUT2D eigenvalue weighted by Gasteiger charge is 2.24. The van der Waals surface area contributed by atoms with Crippen molar-refractivity contribution < 1.29 is 19.1 Å². The average molecular weight is 365 g/mol. The summed E-state index contributed by atoms with van der Waals surface area (Å²) in [4.78, 5) is 33.3. The smallest absolute Gasteiger partial charge is 0.328 e. The Morgan fingerprint density at radius 3 is 2.67 bits per heavy atom. The molecule has 1 atom stereocenters. The van der Waals surface area contributed by atoms with Crippen LogP contribution in [0, 0.1) is 0 Å². The minimum absolute atomic E-state index is 0.184. The van der Waals surface area contributed by atoms with Gasteiger partial charge in [0.05, 0.1) is 19.7 Å². The second-order valence-electron chi connectivity index (χ2n) is 5.81. The fraction of sp³-hybridized carbons (Fsp3) is 0.200. The number of esters is 1. The van der Waals surface area contributed by atoms with Crippen molar-refractivity contribution in [1.82, 2.24) is 15.3 Å². The number of hydrogen-bond acceptors (Lipinski definition) is 6. The molecule has 0 aliphatic carbocycles. The molecule has 0 aliphatic rings. The second kappa shape index (κ2) is 8.27. The molecule has 3 rings (SSSR count). The van der Waals surface area contributed by atoms with Gasteiger partial charge in [0.2, 0.25) is 5.88 Å². The Hall–Kier alpha value is -3.48. The van der Waals surface area contributed by atoms with Crippen LogP contribution in [0.1, 0.15) is 16.1 Å². The number of nitrogens with zero attached hydrogens (tertiary/aromatic N) is 2. The lowest BCUT2D eigenvalue weighted by atomic mass is 10.1. The minimum Gasteiger partial charge on any atom is -0.481 e. The van der Waals surface area contributed by atoms with Crippen molar-refractivity contribution in [2.45, 2.75) is 12.5 Å². The quantitative estimate of drug-likeness (QED) is 0.673. The fourth-order valence-corrected chi connectivity index (χ4v) is 2.74. The van der Waals surface area contributed by atoms with Gasteiger partial charge in [0.15, 0.2) is 0 Å². The summed E-state index contributed by atoms with van der Waals surface area (Å²) in [5.41, 5.74) is 1.61. The first-order valence-electron chi connectivity index (χ1n) is 8.34. The minimum atomic E-state index is -0.895. The Morgan fingerprint density at radius 2 is 1.89 bits per heavy atom. The van der Waals surface area contributed by atoms with Gasteiger partial charge in [0, 0.05) is 23.6 Å². The van der Waals surface area contributed by atoms with Crippen molar-refractivity contribution in [3.8, 4) is 5.88 Å². The standard InChI is InChI=1S/C20H19N3O4/c1-26-19-14(7-5-11-21-19)12-17(20(25)27-2)23-18(24)16-10-9-13-6-3-4-8-15(13)22-16/h3-11,17H,12H2,1-2H3,(H,23,24)/t17-/m0/s1. The van der Waals surface area contributed by atoms with Gasteiger partial charge in [-0.2, -0.15) is 0 Å². The van der Waals surface area contributed by atoms with Crippen LogP contribution in [0.2, 0.25) is 0 Å². The van der Waals surface area contributed by atoms with Crippen LogP contribution in [0.25, 0.3) is 10.9 Å². The highest BCUT2D eigenvalue weighted by molar-refractivity contribution is 5.97. The maximum atomic E-state index is 12.6. The maximum Gasteiger partial charge on any atom is 0.328 e. The van der Waals surface area contributed by atoms with Crippen LogP contribution in [0.3, 0.4) is 0 Å². The second-order valence-corrected chi connectivity index (χ2v) is 5.81. The molecule has 0 bridgehead atoms. The monoisotopic (exact) mass is 365 g/mol. The lowest BCUT2D eigenvalue weighted by Gasteiger charge is -2.17. The normalized spacial score (nSPS) is 11.6.